The van der Waals surface area contributed by atoms with Crippen LogP contribution in [0.4, 0.5) is 19.2 Å². The van der Waals surface area contributed by atoms with Crippen molar-refractivity contribution in [2.45, 2.75) is 80.7 Å². The quantitative estimate of drug-likeness (QED) is 0.216. The number of carbonyl (C=O) groups excluding carboxylic acids is 4. The SMILES string of the molecule is O=C(N[C@H]1[C@@H](O[C@@H]2[C@@H](O)[C@@H]3OC(=O)N[C@H]3C[C@H]2NC(=O)OCc2ccccc2)O[C@@H]2CNC(=O)O[C@H]2[C@@H]1O)OCc1ccccc1. The number of aliphatic hydroxyl groups excluding tert-OH is 2. The normalized spacial score (nSPS) is 33.1. The topological polar surface area (TPSA) is 212 Å². The predicted octanol–water partition coefficient (Wildman–Crippen LogP) is 0.397. The minimum Gasteiger partial charge on any atom is -0.445 e. The molecule has 6 rings (SSSR count). The summed E-state index contributed by atoms with van der Waals surface area (Å²) in [6.45, 7) is -0.144. The lowest BCUT2D eigenvalue weighted by Gasteiger charge is -2.48. The van der Waals surface area contributed by atoms with Gasteiger partial charge in [0.1, 0.15) is 43.7 Å². The number of hydrogen-bond acceptors (Lipinski definition) is 12. The van der Waals surface area contributed by atoms with Crippen molar-refractivity contribution in [3.8, 4) is 0 Å². The molecule has 3 heterocycles. The molecule has 0 bridgehead atoms. The summed E-state index contributed by atoms with van der Waals surface area (Å²) in [7, 11) is 0. The first-order chi connectivity index (χ1) is 22.2. The summed E-state index contributed by atoms with van der Waals surface area (Å²) in [6, 6.07) is 14.9. The van der Waals surface area contributed by atoms with E-state index >= 15 is 0 Å². The third kappa shape index (κ3) is 7.09. The summed E-state index contributed by atoms with van der Waals surface area (Å²) in [6.07, 6.45) is -12.0. The zero-order valence-corrected chi connectivity index (χ0v) is 24.4. The van der Waals surface area contributed by atoms with Crippen molar-refractivity contribution in [3.05, 3.63) is 71.8 Å². The summed E-state index contributed by atoms with van der Waals surface area (Å²) < 4.78 is 33.5. The molecule has 4 amide bonds. The van der Waals surface area contributed by atoms with Crippen LogP contribution in [0.25, 0.3) is 0 Å². The summed E-state index contributed by atoms with van der Waals surface area (Å²) in [5, 5.41) is 32.9. The minimum absolute atomic E-state index is 0.0246. The number of fused-ring (bicyclic) bond motifs is 2. The maximum Gasteiger partial charge on any atom is 0.407 e. The Hall–Kier alpha value is -4.64. The Balaban J connectivity index is 1.19. The monoisotopic (exact) mass is 642 g/mol. The maximum atomic E-state index is 12.9. The molecule has 2 aromatic rings. The first kappa shape index (κ1) is 31.3. The molecule has 0 unspecified atom stereocenters. The van der Waals surface area contributed by atoms with Crippen molar-refractivity contribution in [1.29, 1.82) is 0 Å². The van der Waals surface area contributed by atoms with Crippen molar-refractivity contribution in [2.75, 3.05) is 6.54 Å². The van der Waals surface area contributed by atoms with Crippen molar-refractivity contribution in [1.82, 2.24) is 21.3 Å². The van der Waals surface area contributed by atoms with Gasteiger partial charge in [-0.3, -0.25) is 0 Å². The highest BCUT2D eigenvalue weighted by atomic mass is 16.7. The number of ether oxygens (including phenoxy) is 6. The van der Waals surface area contributed by atoms with Crippen molar-refractivity contribution in [2.24, 2.45) is 0 Å². The molecule has 4 aliphatic rings. The minimum atomic E-state index is -1.53. The highest BCUT2D eigenvalue weighted by Crippen LogP contribution is 2.33. The Morgan fingerprint density at radius 2 is 1.43 bits per heavy atom. The van der Waals surface area contributed by atoms with Gasteiger partial charge in [0.15, 0.2) is 18.5 Å². The molecule has 1 saturated carbocycles. The molecule has 3 aliphatic heterocycles. The molecular formula is C30H34N4O12. The Bertz CT molecular complexity index is 1400. The van der Waals surface area contributed by atoms with Gasteiger partial charge >= 0.3 is 24.4 Å². The Morgan fingerprint density at radius 1 is 0.826 bits per heavy atom. The molecule has 2 aromatic carbocycles. The second-order valence-corrected chi connectivity index (χ2v) is 11.3. The van der Waals surface area contributed by atoms with Gasteiger partial charge in [0, 0.05) is 0 Å². The summed E-state index contributed by atoms with van der Waals surface area (Å²) in [5.74, 6) is 0. The fourth-order valence-corrected chi connectivity index (χ4v) is 5.94. The average molecular weight is 643 g/mol. The Labute approximate surface area is 262 Å². The fraction of sp³-hybridized carbons (Fsp3) is 0.467. The van der Waals surface area contributed by atoms with Gasteiger partial charge in [-0.15, -0.1) is 0 Å². The van der Waals surface area contributed by atoms with E-state index in [0.717, 1.165) is 5.56 Å². The summed E-state index contributed by atoms with van der Waals surface area (Å²) in [4.78, 5) is 49.7. The van der Waals surface area contributed by atoms with Gasteiger partial charge in [0.2, 0.25) is 0 Å². The first-order valence-corrected chi connectivity index (χ1v) is 14.8. The number of benzene rings is 2. The fourth-order valence-electron chi connectivity index (χ4n) is 5.94. The third-order valence-electron chi connectivity index (χ3n) is 8.19. The van der Waals surface area contributed by atoms with E-state index in [9.17, 15) is 29.4 Å². The lowest BCUT2D eigenvalue weighted by Crippen LogP contribution is -2.70. The first-order valence-electron chi connectivity index (χ1n) is 14.8. The van der Waals surface area contributed by atoms with Gasteiger partial charge in [-0.2, -0.15) is 0 Å². The lowest BCUT2D eigenvalue weighted by molar-refractivity contribution is -0.294. The number of amides is 4. The van der Waals surface area contributed by atoms with Gasteiger partial charge in [0.25, 0.3) is 0 Å². The van der Waals surface area contributed by atoms with E-state index in [0.29, 0.717) is 5.56 Å². The summed E-state index contributed by atoms with van der Waals surface area (Å²) in [5.41, 5.74) is 1.46. The lowest BCUT2D eigenvalue weighted by atomic mass is 9.84. The molecule has 0 aromatic heterocycles. The third-order valence-corrected chi connectivity index (χ3v) is 8.19. The van der Waals surface area contributed by atoms with Gasteiger partial charge in [0.05, 0.1) is 18.6 Å². The van der Waals surface area contributed by atoms with Gasteiger partial charge in [-0.1, -0.05) is 60.7 Å². The molecule has 246 valence electrons. The van der Waals surface area contributed by atoms with E-state index in [1.807, 2.05) is 12.1 Å². The van der Waals surface area contributed by atoms with Crippen LogP contribution in [-0.2, 0) is 41.6 Å². The van der Waals surface area contributed by atoms with Crippen molar-refractivity contribution in [3.63, 3.8) is 0 Å². The maximum absolute atomic E-state index is 12.9. The second-order valence-electron chi connectivity index (χ2n) is 11.3. The number of nitrogens with one attached hydrogen (secondary N) is 4. The van der Waals surface area contributed by atoms with E-state index in [1.54, 1.807) is 48.5 Å². The number of aliphatic hydroxyl groups is 2. The molecule has 10 atom stereocenters. The highest BCUT2D eigenvalue weighted by molar-refractivity contribution is 5.71. The molecule has 1 aliphatic carbocycles. The molecule has 0 radical (unpaired) electrons. The van der Waals surface area contributed by atoms with Crippen LogP contribution in [0.1, 0.15) is 17.5 Å². The van der Waals surface area contributed by atoms with Crippen LogP contribution < -0.4 is 21.3 Å². The van der Waals surface area contributed by atoms with Gasteiger partial charge in [-0.25, -0.2) is 19.2 Å². The van der Waals surface area contributed by atoms with E-state index in [-0.39, 0.29) is 26.2 Å². The van der Waals surface area contributed by atoms with Gasteiger partial charge in [-0.05, 0) is 17.5 Å². The molecule has 6 N–H and O–H groups in total. The highest BCUT2D eigenvalue weighted by Gasteiger charge is 2.55. The number of alkyl carbamates (subject to hydrolysis) is 4. The standard InChI is InChI=1S/C30H34N4O12/c35-21-20(34-29(39)42-14-16-9-5-2-6-10-16)26(43-19-12-31-27(37)46-25(19)21)44-23-17(11-18-24(22(23)36)45-30(40)33-18)32-28(38)41-13-15-7-3-1-4-8-15/h1-10,17-26,35-36H,11-14H2,(H,31,37)(H,32,38)(H,33,40)(H,34,39)/t17-,18+,19-,20-,21-,22-,23+,24-,25-,26-/m1/s1. The van der Waals surface area contributed by atoms with Crippen LogP contribution in [0, 0.1) is 0 Å². The van der Waals surface area contributed by atoms with E-state index in [4.69, 9.17) is 28.4 Å². The smallest absolute Gasteiger partial charge is 0.407 e. The zero-order valence-electron chi connectivity index (χ0n) is 24.4. The molecule has 0 spiro atoms. The van der Waals surface area contributed by atoms with Crippen molar-refractivity contribution < 1.29 is 57.8 Å². The van der Waals surface area contributed by atoms with Crippen LogP contribution in [0.15, 0.2) is 60.7 Å². The summed E-state index contributed by atoms with van der Waals surface area (Å²) >= 11 is 0. The van der Waals surface area contributed by atoms with Crippen LogP contribution in [-0.4, -0.2) is 102 Å². The zero-order chi connectivity index (χ0) is 32.2. The van der Waals surface area contributed by atoms with E-state index in [2.05, 4.69) is 21.3 Å². The molecule has 4 fully saturated rings. The molecule has 16 heteroatoms. The van der Waals surface area contributed by atoms with Crippen LogP contribution >= 0.6 is 0 Å². The predicted molar refractivity (Wildman–Crippen MR) is 153 cm³/mol. The van der Waals surface area contributed by atoms with E-state index < -0.39 is 85.4 Å². The largest absolute Gasteiger partial charge is 0.445 e. The number of hydrogen-bond donors (Lipinski definition) is 6. The number of rotatable bonds is 8. The van der Waals surface area contributed by atoms with Gasteiger partial charge < -0.3 is 59.9 Å². The molecular weight excluding hydrogens is 608 g/mol. The number of carbonyl (C=O) groups is 4. The molecule has 16 nitrogen and oxygen atoms in total. The molecule has 3 saturated heterocycles. The van der Waals surface area contributed by atoms with Crippen molar-refractivity contribution >= 4 is 24.4 Å². The van der Waals surface area contributed by atoms with E-state index in [1.165, 1.54) is 0 Å². The Kier molecular flexibility index (Phi) is 9.39. The van der Waals surface area contributed by atoms with Crippen LogP contribution in [0.5, 0.6) is 0 Å². The molecule has 46 heavy (non-hydrogen) atoms. The van der Waals surface area contributed by atoms with Crippen LogP contribution in [0.2, 0.25) is 0 Å². The second kappa shape index (κ2) is 13.8. The average Bonchev–Trinajstić information content (AvgIpc) is 3.44. The van der Waals surface area contributed by atoms with Crippen LogP contribution in [0.3, 0.4) is 0 Å². The Morgan fingerprint density at radius 3 is 2.09 bits per heavy atom.